The van der Waals surface area contributed by atoms with Crippen molar-refractivity contribution in [3.63, 3.8) is 0 Å². The third kappa shape index (κ3) is 6.27. The number of thiazole rings is 1. The summed E-state index contributed by atoms with van der Waals surface area (Å²) >= 11 is -4.14. The van der Waals surface area contributed by atoms with Gasteiger partial charge in [0.25, 0.3) is 9.05 Å². The van der Waals surface area contributed by atoms with Crippen LogP contribution in [-0.4, -0.2) is 46.8 Å². The van der Waals surface area contributed by atoms with Crippen molar-refractivity contribution in [2.24, 2.45) is 0 Å². The summed E-state index contributed by atoms with van der Waals surface area (Å²) in [5.41, 5.74) is 1.19. The maximum absolute atomic E-state index is 11.1. The van der Waals surface area contributed by atoms with E-state index in [0.717, 1.165) is 11.3 Å². The van der Waals surface area contributed by atoms with Crippen LogP contribution in [0.3, 0.4) is 0 Å². The number of aromatic nitrogens is 1. The Hall–Kier alpha value is -1.36. The Morgan fingerprint density at radius 2 is 2.00 bits per heavy atom. The van der Waals surface area contributed by atoms with E-state index in [1.165, 1.54) is 36.8 Å². The number of para-hydroxylation sites is 1. The molecule has 0 aliphatic carbocycles. The second kappa shape index (κ2) is 8.15. The summed E-state index contributed by atoms with van der Waals surface area (Å²) in [5.74, 6) is -0.880. The molecule has 24 heavy (non-hydrogen) atoms. The van der Waals surface area contributed by atoms with E-state index >= 15 is 0 Å². The maximum Gasteiger partial charge on any atom is 0.272 e. The van der Waals surface area contributed by atoms with Crippen molar-refractivity contribution in [2.75, 3.05) is 5.32 Å². The van der Waals surface area contributed by atoms with E-state index in [9.17, 15) is 22.1 Å². The van der Waals surface area contributed by atoms with Gasteiger partial charge in [0.15, 0.2) is 4.21 Å². The zero-order chi connectivity index (χ0) is 18.5. The van der Waals surface area contributed by atoms with Crippen LogP contribution in [0.1, 0.15) is 6.92 Å². The van der Waals surface area contributed by atoms with E-state index in [0.29, 0.717) is 0 Å². The Morgan fingerprint density at radius 1 is 1.38 bits per heavy atom. The zero-order valence-corrected chi connectivity index (χ0v) is 16.2. The fourth-order valence-electron chi connectivity index (χ4n) is 1.40. The van der Waals surface area contributed by atoms with Crippen molar-refractivity contribution in [1.82, 2.24) is 4.98 Å². The van der Waals surface area contributed by atoms with Gasteiger partial charge in [-0.1, -0.05) is 0 Å². The number of phenolic OH excluding ortho intramolecular Hbond substituents is 1. The predicted octanol–water partition coefficient (Wildman–Crippen LogP) is -0.0178. The van der Waals surface area contributed by atoms with Crippen LogP contribution < -0.4 is 9.67 Å². The fraction of sp³-hybridized carbons (Fsp3) is 0.0909. The minimum Gasteiger partial charge on any atom is -0.252 e. The number of nitrogens with one attached hydrogen (secondary N) is 1. The largest absolute Gasteiger partial charge is 0.272 e. The Morgan fingerprint density at radius 3 is 2.38 bits per heavy atom. The first kappa shape index (κ1) is 20.7. The van der Waals surface area contributed by atoms with Gasteiger partial charge in [-0.15, -0.1) is 11.3 Å². The van der Waals surface area contributed by atoms with Crippen LogP contribution >= 0.6 is 22.0 Å². The van der Waals surface area contributed by atoms with Crippen molar-refractivity contribution in [3.8, 4) is 5.75 Å². The van der Waals surface area contributed by atoms with Gasteiger partial charge in [0, 0.05) is 10.7 Å². The molecule has 0 saturated heterocycles. The molecule has 2 rings (SSSR count). The van der Waals surface area contributed by atoms with Gasteiger partial charge in [0.2, 0.25) is 0 Å². The van der Waals surface area contributed by atoms with Crippen LogP contribution in [0.4, 0.5) is 5.69 Å². The summed E-state index contributed by atoms with van der Waals surface area (Å²) in [6, 6.07) is 3.71. The first-order chi connectivity index (χ1) is 10.9. The Kier molecular flexibility index (Phi) is 7.02. The van der Waals surface area contributed by atoms with Gasteiger partial charge in [-0.2, -0.15) is 0 Å². The van der Waals surface area contributed by atoms with Gasteiger partial charge in [0.05, 0.1) is 11.7 Å². The number of anilines is 1. The SMILES string of the molecule is CC(=O)Nc1c(O)cccc1[As](=O)(O)O.O=S(=O)(Cl)c1cncs1. The second-order valence-electron chi connectivity index (χ2n) is 4.15. The summed E-state index contributed by atoms with van der Waals surface area (Å²) in [6.45, 7) is 1.18. The Balaban J connectivity index is 0.000000272. The van der Waals surface area contributed by atoms with Crippen LogP contribution in [0, 0.1) is 0 Å². The predicted molar refractivity (Wildman–Crippen MR) is 88.1 cm³/mol. The number of benzene rings is 1. The molecule has 1 heterocycles. The molecule has 1 aromatic heterocycles. The van der Waals surface area contributed by atoms with Crippen LogP contribution in [0.25, 0.3) is 0 Å². The molecular formula is C11H12AsClN2O7S2. The number of hydrogen-bond acceptors (Lipinski definition) is 7. The first-order valence-corrected chi connectivity index (χ1v) is 12.5. The molecule has 1 aromatic carbocycles. The van der Waals surface area contributed by atoms with Crippen LogP contribution in [0.2, 0.25) is 0 Å². The fourth-order valence-corrected chi connectivity index (χ4v) is 4.53. The van der Waals surface area contributed by atoms with E-state index in [4.69, 9.17) is 18.9 Å². The quantitative estimate of drug-likeness (QED) is 0.284. The molecule has 9 nitrogen and oxygen atoms in total. The number of amides is 1. The van der Waals surface area contributed by atoms with Crippen molar-refractivity contribution in [1.29, 1.82) is 0 Å². The first-order valence-electron chi connectivity index (χ1n) is 5.91. The molecule has 0 saturated carbocycles. The van der Waals surface area contributed by atoms with Crippen LogP contribution in [-0.2, 0) is 17.6 Å². The normalized spacial score (nSPS) is 11.3. The van der Waals surface area contributed by atoms with E-state index in [2.05, 4.69) is 10.3 Å². The second-order valence-corrected chi connectivity index (χ2v) is 11.1. The number of nitrogens with zero attached hydrogens (tertiary/aromatic N) is 1. The van der Waals surface area contributed by atoms with Crippen molar-refractivity contribution < 1.29 is 30.2 Å². The molecule has 0 fully saturated rings. The standard InChI is InChI=1S/C8H10AsNO5.C3H2ClNO2S2/c1-5(11)10-8-6(9(13,14)15)3-2-4-7(8)12;4-9(6,7)3-1-5-2-8-3/h2-4,12H,1H3,(H,10,11)(H2,13,14,15);1-2H. The number of carbonyl (C=O) groups is 1. The number of carbonyl (C=O) groups excluding carboxylic acids is 1. The van der Waals surface area contributed by atoms with E-state index in [-0.39, 0.29) is 20.0 Å². The molecule has 132 valence electrons. The van der Waals surface area contributed by atoms with Gasteiger partial charge in [-0.25, -0.2) is 8.42 Å². The molecule has 2 aromatic rings. The molecule has 0 aliphatic heterocycles. The number of rotatable bonds is 3. The molecule has 0 spiro atoms. The van der Waals surface area contributed by atoms with Gasteiger partial charge in [0.1, 0.15) is 0 Å². The van der Waals surface area contributed by atoms with E-state index < -0.39 is 29.1 Å². The molecule has 4 N–H and O–H groups in total. The molecule has 1 amide bonds. The summed E-state index contributed by atoms with van der Waals surface area (Å²) in [7, 11) is 1.41. The smallest absolute Gasteiger partial charge is 0.252 e. The minimum atomic E-state index is -5.14. The van der Waals surface area contributed by atoms with E-state index in [1.54, 1.807) is 0 Å². The molecule has 0 aliphatic rings. The van der Waals surface area contributed by atoms with Crippen LogP contribution in [0.5, 0.6) is 5.75 Å². The van der Waals surface area contributed by atoms with Gasteiger partial charge in [-0.05, 0) is 0 Å². The van der Waals surface area contributed by atoms with Crippen molar-refractivity contribution >= 4 is 61.2 Å². The van der Waals surface area contributed by atoms with Crippen molar-refractivity contribution in [2.45, 2.75) is 11.1 Å². The van der Waals surface area contributed by atoms with Gasteiger partial charge >= 0.3 is 88.1 Å². The van der Waals surface area contributed by atoms with Crippen molar-refractivity contribution in [3.05, 3.63) is 29.9 Å². The molecule has 0 unspecified atom stereocenters. The molecule has 0 bridgehead atoms. The maximum atomic E-state index is 11.1. The number of phenols is 1. The zero-order valence-electron chi connectivity index (χ0n) is 12.0. The molecule has 13 heteroatoms. The Bertz CT molecular complexity index is 865. The summed E-state index contributed by atoms with van der Waals surface area (Å²) in [5, 5.41) is 11.5. The molecule has 0 atom stereocenters. The van der Waals surface area contributed by atoms with Gasteiger partial charge < -0.3 is 0 Å². The average Bonchev–Trinajstić information content (AvgIpc) is 2.94. The monoisotopic (exact) mass is 458 g/mol. The Labute approximate surface area is 148 Å². The van der Waals surface area contributed by atoms with Crippen LogP contribution in [0.15, 0.2) is 34.1 Å². The van der Waals surface area contributed by atoms with E-state index in [1.807, 2.05) is 0 Å². The topological polar surface area (TPSA) is 154 Å². The number of hydrogen-bond donors (Lipinski definition) is 4. The third-order valence-corrected chi connectivity index (χ3v) is 7.26. The molecule has 0 radical (unpaired) electrons. The summed E-state index contributed by atoms with van der Waals surface area (Å²) in [6.07, 6.45) is 1.22. The van der Waals surface area contributed by atoms with Gasteiger partial charge in [-0.3, -0.25) is 4.98 Å². The number of halogens is 1. The minimum absolute atomic E-state index is 0.0872. The summed E-state index contributed by atoms with van der Waals surface area (Å²) < 4.78 is 49.7. The number of aromatic hydroxyl groups is 1. The molecular weight excluding hydrogens is 447 g/mol. The average molecular weight is 459 g/mol. The third-order valence-electron chi connectivity index (χ3n) is 2.29. The summed E-state index contributed by atoms with van der Waals surface area (Å²) in [4.78, 5) is 14.3.